The SMILES string of the molecule is CCCCCCC\C=C/C=C\C=C/CCCCCCCC(=O)OCC(COC(=O)CCCCCCCCCCCCCCC)OC(=O)CCCCC/C=C\C=C/CCCCCCCCC. The number of hydrogen-bond donors (Lipinski definition) is 0. The molecule has 0 heterocycles. The summed E-state index contributed by atoms with van der Waals surface area (Å²) in [6.45, 7) is 6.59. The van der Waals surface area contributed by atoms with E-state index in [1.807, 2.05) is 0 Å². The minimum absolute atomic E-state index is 0.0896. The van der Waals surface area contributed by atoms with Gasteiger partial charge in [0.05, 0.1) is 0 Å². The van der Waals surface area contributed by atoms with Gasteiger partial charge < -0.3 is 14.2 Å². The van der Waals surface area contributed by atoms with Crippen LogP contribution in [0.3, 0.4) is 0 Å². The van der Waals surface area contributed by atoms with Crippen LogP contribution >= 0.6 is 0 Å². The molecule has 0 spiro atoms. The molecular formula is C59H104O6. The third kappa shape index (κ3) is 51.9. The van der Waals surface area contributed by atoms with E-state index < -0.39 is 6.10 Å². The molecule has 376 valence electrons. The van der Waals surface area contributed by atoms with Crippen molar-refractivity contribution in [3.05, 3.63) is 60.8 Å². The second kappa shape index (κ2) is 53.7. The fourth-order valence-corrected chi connectivity index (χ4v) is 7.85. The lowest BCUT2D eigenvalue weighted by Gasteiger charge is -2.18. The molecule has 0 aliphatic heterocycles. The highest BCUT2D eigenvalue weighted by Gasteiger charge is 2.19. The van der Waals surface area contributed by atoms with Gasteiger partial charge in [-0.05, 0) is 70.6 Å². The van der Waals surface area contributed by atoms with E-state index in [2.05, 4.69) is 81.5 Å². The van der Waals surface area contributed by atoms with Gasteiger partial charge in [-0.1, -0.05) is 248 Å². The zero-order chi connectivity index (χ0) is 47.2. The van der Waals surface area contributed by atoms with Crippen LogP contribution in [0.4, 0.5) is 0 Å². The summed E-state index contributed by atoms with van der Waals surface area (Å²) in [5.74, 6) is -0.928. The number of hydrogen-bond acceptors (Lipinski definition) is 6. The summed E-state index contributed by atoms with van der Waals surface area (Å²) in [7, 11) is 0. The number of unbranched alkanes of at least 4 members (excludes halogenated alkanes) is 32. The van der Waals surface area contributed by atoms with Crippen LogP contribution in [0.2, 0.25) is 0 Å². The van der Waals surface area contributed by atoms with Gasteiger partial charge in [0, 0.05) is 19.3 Å². The van der Waals surface area contributed by atoms with E-state index in [0.717, 1.165) is 89.9 Å². The summed E-state index contributed by atoms with van der Waals surface area (Å²) in [5, 5.41) is 0. The number of ether oxygens (including phenoxy) is 3. The van der Waals surface area contributed by atoms with Crippen LogP contribution in [0.25, 0.3) is 0 Å². The summed E-state index contributed by atoms with van der Waals surface area (Å²) in [4.78, 5) is 38.1. The average molecular weight is 909 g/mol. The highest BCUT2D eigenvalue weighted by molar-refractivity contribution is 5.71. The molecule has 0 aromatic carbocycles. The maximum atomic E-state index is 12.8. The highest BCUT2D eigenvalue weighted by atomic mass is 16.6. The van der Waals surface area contributed by atoms with Crippen LogP contribution in [-0.2, 0) is 28.6 Å². The number of esters is 3. The van der Waals surface area contributed by atoms with Crippen LogP contribution in [0.5, 0.6) is 0 Å². The Balaban J connectivity index is 4.45. The summed E-state index contributed by atoms with van der Waals surface area (Å²) < 4.78 is 16.8. The third-order valence-electron chi connectivity index (χ3n) is 12.1. The summed E-state index contributed by atoms with van der Waals surface area (Å²) in [5.41, 5.74) is 0. The number of carbonyl (C=O) groups excluding carboxylic acids is 3. The predicted octanol–water partition coefficient (Wildman–Crippen LogP) is 18.4. The number of allylic oxidation sites excluding steroid dienone is 10. The Hall–Kier alpha value is -2.89. The molecule has 0 radical (unpaired) electrons. The molecule has 0 saturated heterocycles. The van der Waals surface area contributed by atoms with Gasteiger partial charge >= 0.3 is 17.9 Å². The quantitative estimate of drug-likeness (QED) is 0.0262. The molecule has 0 N–H and O–H groups in total. The minimum atomic E-state index is -0.794. The Morgan fingerprint density at radius 1 is 0.308 bits per heavy atom. The van der Waals surface area contributed by atoms with Gasteiger partial charge in [-0.2, -0.15) is 0 Å². The van der Waals surface area contributed by atoms with Crippen LogP contribution in [0, 0.1) is 0 Å². The lowest BCUT2D eigenvalue weighted by atomic mass is 10.0. The van der Waals surface area contributed by atoms with Crippen molar-refractivity contribution in [3.8, 4) is 0 Å². The molecule has 6 heteroatoms. The zero-order valence-corrected chi connectivity index (χ0v) is 43.0. The molecule has 0 amide bonds. The van der Waals surface area contributed by atoms with Crippen molar-refractivity contribution in [3.63, 3.8) is 0 Å². The average Bonchev–Trinajstić information content (AvgIpc) is 3.30. The van der Waals surface area contributed by atoms with Crippen LogP contribution in [0.1, 0.15) is 278 Å². The predicted molar refractivity (Wildman–Crippen MR) is 279 cm³/mol. The highest BCUT2D eigenvalue weighted by Crippen LogP contribution is 2.15. The summed E-state index contributed by atoms with van der Waals surface area (Å²) in [6, 6.07) is 0. The van der Waals surface area contributed by atoms with E-state index >= 15 is 0 Å². The van der Waals surface area contributed by atoms with E-state index in [0.29, 0.717) is 19.3 Å². The smallest absolute Gasteiger partial charge is 0.306 e. The van der Waals surface area contributed by atoms with E-state index in [1.165, 1.54) is 148 Å². The summed E-state index contributed by atoms with van der Waals surface area (Å²) in [6.07, 6.45) is 66.3. The molecule has 1 unspecified atom stereocenters. The first-order valence-corrected chi connectivity index (χ1v) is 27.8. The fourth-order valence-electron chi connectivity index (χ4n) is 7.85. The molecule has 0 aliphatic carbocycles. The van der Waals surface area contributed by atoms with Crippen LogP contribution in [-0.4, -0.2) is 37.2 Å². The van der Waals surface area contributed by atoms with Gasteiger partial charge in [-0.25, -0.2) is 0 Å². The number of rotatable bonds is 50. The Labute approximate surface area is 402 Å². The van der Waals surface area contributed by atoms with Gasteiger partial charge in [0.15, 0.2) is 6.10 Å². The number of carbonyl (C=O) groups is 3. The van der Waals surface area contributed by atoms with Crippen LogP contribution in [0.15, 0.2) is 60.8 Å². The van der Waals surface area contributed by atoms with E-state index in [-0.39, 0.29) is 31.1 Å². The van der Waals surface area contributed by atoms with Crippen molar-refractivity contribution < 1.29 is 28.6 Å². The molecule has 65 heavy (non-hydrogen) atoms. The Morgan fingerprint density at radius 2 is 0.554 bits per heavy atom. The van der Waals surface area contributed by atoms with Crippen molar-refractivity contribution in [1.29, 1.82) is 0 Å². The standard InChI is InChI=1S/C59H104O6/c1-4-7-10-13-16-19-22-25-27-29-30-32-34-37-40-43-46-49-52-58(61)64-55-56(54-63-57(60)51-48-45-42-39-36-33-24-21-18-15-12-9-6-3)65-59(62)53-50-47-44-41-38-35-31-28-26-23-20-17-14-11-8-5-2/h22,25,27-32,35,38,56H,4-21,23-24,26,33-34,36-37,39-55H2,1-3H3/b25-22-,29-27-,31-28-,32-30-,38-35-. The zero-order valence-electron chi connectivity index (χ0n) is 43.0. The first-order valence-electron chi connectivity index (χ1n) is 27.8. The Bertz CT molecular complexity index is 1180. The van der Waals surface area contributed by atoms with Crippen molar-refractivity contribution in [2.45, 2.75) is 284 Å². The van der Waals surface area contributed by atoms with Gasteiger partial charge in [-0.3, -0.25) is 14.4 Å². The fraction of sp³-hybridized carbons (Fsp3) is 0.780. The van der Waals surface area contributed by atoms with Gasteiger partial charge in [0.2, 0.25) is 0 Å². The molecule has 6 nitrogen and oxygen atoms in total. The lowest BCUT2D eigenvalue weighted by Crippen LogP contribution is -2.30. The lowest BCUT2D eigenvalue weighted by molar-refractivity contribution is -0.167. The topological polar surface area (TPSA) is 78.9 Å². The van der Waals surface area contributed by atoms with Crippen molar-refractivity contribution >= 4 is 17.9 Å². The summed E-state index contributed by atoms with van der Waals surface area (Å²) >= 11 is 0. The Kier molecular flexibility index (Phi) is 51.3. The van der Waals surface area contributed by atoms with E-state index in [1.54, 1.807) is 0 Å². The first kappa shape index (κ1) is 62.1. The molecule has 0 rings (SSSR count). The first-order chi connectivity index (χ1) is 32.0. The molecular weight excluding hydrogens is 805 g/mol. The normalized spacial score (nSPS) is 12.5. The van der Waals surface area contributed by atoms with Crippen LogP contribution < -0.4 is 0 Å². The molecule has 0 aliphatic rings. The second-order valence-corrected chi connectivity index (χ2v) is 18.6. The van der Waals surface area contributed by atoms with Crippen molar-refractivity contribution in [2.75, 3.05) is 13.2 Å². The third-order valence-corrected chi connectivity index (χ3v) is 12.1. The largest absolute Gasteiger partial charge is 0.462 e. The van der Waals surface area contributed by atoms with Gasteiger partial charge in [0.25, 0.3) is 0 Å². The van der Waals surface area contributed by atoms with E-state index in [4.69, 9.17) is 14.2 Å². The second-order valence-electron chi connectivity index (χ2n) is 18.6. The van der Waals surface area contributed by atoms with E-state index in [9.17, 15) is 14.4 Å². The van der Waals surface area contributed by atoms with Crippen molar-refractivity contribution in [2.24, 2.45) is 0 Å². The van der Waals surface area contributed by atoms with Crippen molar-refractivity contribution in [1.82, 2.24) is 0 Å². The van der Waals surface area contributed by atoms with Gasteiger partial charge in [0.1, 0.15) is 13.2 Å². The van der Waals surface area contributed by atoms with Gasteiger partial charge in [-0.15, -0.1) is 0 Å². The molecule has 0 bridgehead atoms. The maximum Gasteiger partial charge on any atom is 0.306 e. The Morgan fingerprint density at radius 3 is 0.877 bits per heavy atom. The molecule has 0 fully saturated rings. The molecule has 0 aromatic heterocycles. The molecule has 0 saturated carbocycles. The minimum Gasteiger partial charge on any atom is -0.462 e. The maximum absolute atomic E-state index is 12.8. The monoisotopic (exact) mass is 909 g/mol. The molecule has 0 aromatic rings. The molecule has 1 atom stereocenters.